The first kappa shape index (κ1) is 11.4. The normalized spacial score (nSPS) is 11.3. The third kappa shape index (κ3) is 1.65. The van der Waals surface area contributed by atoms with Crippen molar-refractivity contribution < 1.29 is 4.42 Å². The average Bonchev–Trinajstić information content (AvgIpc) is 2.95. The first-order valence-corrected chi connectivity index (χ1v) is 6.25. The summed E-state index contributed by atoms with van der Waals surface area (Å²) < 4.78 is 8.13. The van der Waals surface area contributed by atoms with Crippen LogP contribution >= 0.6 is 15.9 Å². The van der Waals surface area contributed by atoms with E-state index in [0.717, 1.165) is 32.8 Å². The van der Waals surface area contributed by atoms with Gasteiger partial charge in [-0.25, -0.2) is 9.97 Å². The number of hydrogen-bond donors (Lipinski definition) is 1. The largest absolute Gasteiger partial charge is 0.443 e. The SMILES string of the molecule is Cn1c(CN)nc(-c2ccc3ncoc3c2)c1Br. The molecule has 5 nitrogen and oxygen atoms in total. The Morgan fingerprint density at radius 1 is 1.44 bits per heavy atom. The van der Waals surface area contributed by atoms with Crippen LogP contribution in [0.15, 0.2) is 33.6 Å². The smallest absolute Gasteiger partial charge is 0.181 e. The summed E-state index contributed by atoms with van der Waals surface area (Å²) >= 11 is 3.53. The van der Waals surface area contributed by atoms with Gasteiger partial charge in [0.15, 0.2) is 12.0 Å². The zero-order chi connectivity index (χ0) is 12.7. The summed E-state index contributed by atoms with van der Waals surface area (Å²) in [7, 11) is 1.93. The van der Waals surface area contributed by atoms with E-state index in [0.29, 0.717) is 6.54 Å². The maximum absolute atomic E-state index is 5.65. The lowest BCUT2D eigenvalue weighted by Crippen LogP contribution is -2.04. The van der Waals surface area contributed by atoms with Crippen LogP contribution < -0.4 is 5.73 Å². The van der Waals surface area contributed by atoms with Crippen molar-refractivity contribution in [3.63, 3.8) is 0 Å². The van der Waals surface area contributed by atoms with Gasteiger partial charge in [0.1, 0.15) is 21.6 Å². The van der Waals surface area contributed by atoms with E-state index in [-0.39, 0.29) is 0 Å². The second-order valence-electron chi connectivity index (χ2n) is 3.97. The van der Waals surface area contributed by atoms with E-state index in [1.807, 2.05) is 29.8 Å². The van der Waals surface area contributed by atoms with Gasteiger partial charge in [-0.2, -0.15) is 0 Å². The molecule has 18 heavy (non-hydrogen) atoms. The molecule has 2 heterocycles. The zero-order valence-electron chi connectivity index (χ0n) is 9.72. The molecule has 0 spiro atoms. The van der Waals surface area contributed by atoms with E-state index in [2.05, 4.69) is 25.9 Å². The molecule has 0 bridgehead atoms. The van der Waals surface area contributed by atoms with Gasteiger partial charge < -0.3 is 14.7 Å². The van der Waals surface area contributed by atoms with Gasteiger partial charge in [0.25, 0.3) is 0 Å². The number of hydrogen-bond acceptors (Lipinski definition) is 4. The van der Waals surface area contributed by atoms with Crippen molar-refractivity contribution in [1.82, 2.24) is 14.5 Å². The highest BCUT2D eigenvalue weighted by atomic mass is 79.9. The van der Waals surface area contributed by atoms with Crippen molar-refractivity contribution in [2.75, 3.05) is 0 Å². The first-order chi connectivity index (χ1) is 8.70. The van der Waals surface area contributed by atoms with Crippen molar-refractivity contribution in [2.24, 2.45) is 12.8 Å². The molecule has 0 amide bonds. The molecule has 6 heteroatoms. The number of halogens is 1. The minimum absolute atomic E-state index is 0.402. The van der Waals surface area contributed by atoms with Gasteiger partial charge in [0.05, 0.1) is 6.54 Å². The Morgan fingerprint density at radius 2 is 2.28 bits per heavy atom. The summed E-state index contributed by atoms with van der Waals surface area (Å²) in [5.41, 5.74) is 9.07. The van der Waals surface area contributed by atoms with Crippen molar-refractivity contribution in [2.45, 2.75) is 6.54 Å². The van der Waals surface area contributed by atoms with Crippen LogP contribution in [-0.2, 0) is 13.6 Å². The fourth-order valence-corrected chi connectivity index (χ4v) is 2.41. The molecule has 0 saturated heterocycles. The predicted octanol–water partition coefficient (Wildman–Crippen LogP) is 2.45. The zero-order valence-corrected chi connectivity index (χ0v) is 11.3. The van der Waals surface area contributed by atoms with Crippen LogP contribution in [0, 0.1) is 0 Å². The summed E-state index contributed by atoms with van der Waals surface area (Å²) in [6, 6.07) is 5.81. The molecule has 2 aromatic heterocycles. The molecule has 0 radical (unpaired) electrons. The Bertz CT molecular complexity index is 716. The van der Waals surface area contributed by atoms with Gasteiger partial charge in [0, 0.05) is 12.6 Å². The third-order valence-electron chi connectivity index (χ3n) is 2.91. The standard InChI is InChI=1S/C12H11BrN4O/c1-17-10(5-14)16-11(12(17)13)7-2-3-8-9(4-7)18-6-15-8/h2-4,6H,5,14H2,1H3. The Balaban J connectivity index is 2.19. The number of nitrogens with two attached hydrogens (primary N) is 1. The molecule has 0 aliphatic rings. The van der Waals surface area contributed by atoms with E-state index >= 15 is 0 Å². The molecular weight excluding hydrogens is 296 g/mol. The number of rotatable bonds is 2. The van der Waals surface area contributed by atoms with Crippen LogP contribution in [0.5, 0.6) is 0 Å². The Hall–Kier alpha value is -1.66. The van der Waals surface area contributed by atoms with Crippen LogP contribution in [0.4, 0.5) is 0 Å². The van der Waals surface area contributed by atoms with Crippen LogP contribution in [0.3, 0.4) is 0 Å². The van der Waals surface area contributed by atoms with Crippen LogP contribution in [0.2, 0.25) is 0 Å². The second-order valence-corrected chi connectivity index (χ2v) is 4.72. The van der Waals surface area contributed by atoms with Crippen molar-refractivity contribution >= 4 is 27.0 Å². The quantitative estimate of drug-likeness (QED) is 0.789. The molecule has 2 N–H and O–H groups in total. The molecular formula is C12H11BrN4O. The summed E-state index contributed by atoms with van der Waals surface area (Å²) in [6.07, 6.45) is 1.44. The lowest BCUT2D eigenvalue weighted by Gasteiger charge is -1.99. The van der Waals surface area contributed by atoms with Gasteiger partial charge in [0.2, 0.25) is 0 Å². The molecule has 0 saturated carbocycles. The van der Waals surface area contributed by atoms with Crippen molar-refractivity contribution in [1.29, 1.82) is 0 Å². The van der Waals surface area contributed by atoms with Crippen LogP contribution in [0.25, 0.3) is 22.4 Å². The Morgan fingerprint density at radius 3 is 3.00 bits per heavy atom. The van der Waals surface area contributed by atoms with Crippen molar-refractivity contribution in [3.8, 4) is 11.3 Å². The maximum Gasteiger partial charge on any atom is 0.181 e. The fraction of sp³-hybridized carbons (Fsp3) is 0.167. The number of imidazole rings is 1. The molecule has 92 valence electrons. The highest BCUT2D eigenvalue weighted by molar-refractivity contribution is 9.10. The predicted molar refractivity (Wildman–Crippen MR) is 71.8 cm³/mol. The maximum atomic E-state index is 5.65. The van der Waals surface area contributed by atoms with E-state index in [1.165, 1.54) is 6.39 Å². The lowest BCUT2D eigenvalue weighted by atomic mass is 10.1. The number of aromatic nitrogens is 3. The van der Waals surface area contributed by atoms with Gasteiger partial charge >= 0.3 is 0 Å². The van der Waals surface area contributed by atoms with Gasteiger partial charge in [-0.05, 0) is 28.1 Å². The van der Waals surface area contributed by atoms with E-state index in [9.17, 15) is 0 Å². The van der Waals surface area contributed by atoms with Crippen molar-refractivity contribution in [3.05, 3.63) is 35.0 Å². The van der Waals surface area contributed by atoms with E-state index in [4.69, 9.17) is 10.2 Å². The topological polar surface area (TPSA) is 69.9 Å². The monoisotopic (exact) mass is 306 g/mol. The molecule has 3 rings (SSSR count). The molecule has 3 aromatic rings. The van der Waals surface area contributed by atoms with E-state index < -0.39 is 0 Å². The van der Waals surface area contributed by atoms with E-state index in [1.54, 1.807) is 0 Å². The summed E-state index contributed by atoms with van der Waals surface area (Å²) in [6.45, 7) is 0.402. The fourth-order valence-electron chi connectivity index (χ4n) is 1.89. The minimum atomic E-state index is 0.402. The number of oxazole rings is 1. The van der Waals surface area contributed by atoms with Gasteiger partial charge in [-0.1, -0.05) is 6.07 Å². The van der Waals surface area contributed by atoms with Crippen LogP contribution in [-0.4, -0.2) is 14.5 Å². The van der Waals surface area contributed by atoms with Gasteiger partial charge in [-0.15, -0.1) is 0 Å². The second kappa shape index (κ2) is 4.22. The Kier molecular flexibility index (Phi) is 2.68. The van der Waals surface area contributed by atoms with Gasteiger partial charge in [-0.3, -0.25) is 0 Å². The number of benzene rings is 1. The third-order valence-corrected chi connectivity index (χ3v) is 3.81. The average molecular weight is 307 g/mol. The number of nitrogens with zero attached hydrogens (tertiary/aromatic N) is 3. The minimum Gasteiger partial charge on any atom is -0.443 e. The molecule has 0 fully saturated rings. The highest BCUT2D eigenvalue weighted by Crippen LogP contribution is 2.30. The lowest BCUT2D eigenvalue weighted by molar-refractivity contribution is 0.602. The van der Waals surface area contributed by atoms with Crippen LogP contribution in [0.1, 0.15) is 5.82 Å². The first-order valence-electron chi connectivity index (χ1n) is 5.45. The molecule has 1 aromatic carbocycles. The molecule has 0 unspecified atom stereocenters. The molecule has 0 aliphatic heterocycles. The highest BCUT2D eigenvalue weighted by Gasteiger charge is 2.14. The summed E-state index contributed by atoms with van der Waals surface area (Å²) in [5, 5.41) is 0. The Labute approximate surface area is 112 Å². The summed E-state index contributed by atoms with van der Waals surface area (Å²) in [5.74, 6) is 0.828. The number of fused-ring (bicyclic) bond motifs is 1. The summed E-state index contributed by atoms with van der Waals surface area (Å²) in [4.78, 5) is 8.61. The molecule has 0 atom stereocenters. The molecule has 0 aliphatic carbocycles.